The summed E-state index contributed by atoms with van der Waals surface area (Å²) in [5, 5.41) is 9.64. The van der Waals surface area contributed by atoms with Crippen molar-refractivity contribution in [3.63, 3.8) is 0 Å². The van der Waals surface area contributed by atoms with Crippen molar-refractivity contribution in [1.82, 2.24) is 9.97 Å². The molecule has 1 atom stereocenters. The van der Waals surface area contributed by atoms with Crippen molar-refractivity contribution in [3.8, 4) is 0 Å². The van der Waals surface area contributed by atoms with Gasteiger partial charge in [-0.25, -0.2) is 9.97 Å². The van der Waals surface area contributed by atoms with E-state index in [2.05, 4.69) is 9.97 Å². The van der Waals surface area contributed by atoms with Gasteiger partial charge in [-0.2, -0.15) is 0 Å². The zero-order valence-electron chi connectivity index (χ0n) is 7.23. The molecule has 0 spiro atoms. The van der Waals surface area contributed by atoms with Crippen molar-refractivity contribution in [3.05, 3.63) is 24.3 Å². The predicted octanol–water partition coefficient (Wildman–Crippen LogP) is 0.247. The van der Waals surface area contributed by atoms with Crippen LogP contribution in [-0.2, 0) is 0 Å². The lowest BCUT2D eigenvalue weighted by molar-refractivity contribution is 0.100. The molecule has 12 heavy (non-hydrogen) atoms. The molecule has 1 aromatic rings. The van der Waals surface area contributed by atoms with Crippen LogP contribution < -0.4 is 5.73 Å². The van der Waals surface area contributed by atoms with Gasteiger partial charge in [-0.05, 0) is 19.9 Å². The minimum atomic E-state index is -0.750. The summed E-state index contributed by atoms with van der Waals surface area (Å²) in [6.07, 6.45) is 2.22. The Hall–Kier alpha value is -1.00. The molecule has 1 unspecified atom stereocenters. The quantitative estimate of drug-likeness (QED) is 0.662. The molecular weight excluding hydrogens is 154 g/mol. The molecule has 3 N–H and O–H groups in total. The van der Waals surface area contributed by atoms with E-state index >= 15 is 0 Å². The fourth-order valence-corrected chi connectivity index (χ4v) is 0.844. The number of aliphatic hydroxyl groups is 1. The third-order valence-electron chi connectivity index (χ3n) is 1.59. The highest BCUT2D eigenvalue weighted by Crippen LogP contribution is 2.20. The first-order chi connectivity index (χ1) is 5.52. The van der Waals surface area contributed by atoms with Crippen LogP contribution in [-0.4, -0.2) is 20.6 Å². The van der Waals surface area contributed by atoms with Gasteiger partial charge in [0.15, 0.2) is 0 Å². The number of nitrogens with zero attached hydrogens (tertiary/aromatic N) is 2. The molecule has 1 rings (SSSR count). The molecule has 0 aliphatic rings. The SMILES string of the molecule is CC(C)(N)C(O)c1ccncn1. The molecule has 0 bridgehead atoms. The van der Waals surface area contributed by atoms with Crippen molar-refractivity contribution in [2.75, 3.05) is 0 Å². The van der Waals surface area contributed by atoms with E-state index in [4.69, 9.17) is 5.73 Å². The lowest BCUT2D eigenvalue weighted by Gasteiger charge is -2.24. The van der Waals surface area contributed by atoms with E-state index in [-0.39, 0.29) is 0 Å². The van der Waals surface area contributed by atoms with Crippen LogP contribution in [0.15, 0.2) is 18.6 Å². The van der Waals surface area contributed by atoms with Crippen LogP contribution in [0.5, 0.6) is 0 Å². The second kappa shape index (κ2) is 3.16. The number of hydrogen-bond donors (Lipinski definition) is 2. The fourth-order valence-electron chi connectivity index (χ4n) is 0.844. The average molecular weight is 167 g/mol. The van der Waals surface area contributed by atoms with Crippen molar-refractivity contribution < 1.29 is 5.11 Å². The van der Waals surface area contributed by atoms with Gasteiger partial charge >= 0.3 is 0 Å². The van der Waals surface area contributed by atoms with Crippen LogP contribution >= 0.6 is 0 Å². The van der Waals surface area contributed by atoms with E-state index in [1.165, 1.54) is 6.33 Å². The van der Waals surface area contributed by atoms with Gasteiger partial charge in [-0.15, -0.1) is 0 Å². The number of nitrogens with two attached hydrogens (primary N) is 1. The molecule has 0 saturated heterocycles. The number of rotatable bonds is 2. The lowest BCUT2D eigenvalue weighted by Crippen LogP contribution is -2.39. The molecule has 1 heterocycles. The maximum Gasteiger partial charge on any atom is 0.115 e. The highest BCUT2D eigenvalue weighted by molar-refractivity contribution is 5.07. The topological polar surface area (TPSA) is 72.0 Å². The largest absolute Gasteiger partial charge is 0.385 e. The van der Waals surface area contributed by atoms with Crippen LogP contribution in [0.1, 0.15) is 25.6 Å². The normalized spacial score (nSPS) is 14.3. The van der Waals surface area contributed by atoms with Crippen molar-refractivity contribution >= 4 is 0 Å². The average Bonchev–Trinajstić information content (AvgIpc) is 2.03. The van der Waals surface area contributed by atoms with Gasteiger partial charge < -0.3 is 10.8 Å². The fraction of sp³-hybridized carbons (Fsp3) is 0.500. The van der Waals surface area contributed by atoms with E-state index < -0.39 is 11.6 Å². The van der Waals surface area contributed by atoms with E-state index in [0.717, 1.165) is 0 Å². The Bertz CT molecular complexity index is 242. The van der Waals surface area contributed by atoms with E-state index in [9.17, 15) is 5.11 Å². The van der Waals surface area contributed by atoms with Gasteiger partial charge in [0.2, 0.25) is 0 Å². The number of aromatic nitrogens is 2. The van der Waals surface area contributed by atoms with Crippen molar-refractivity contribution in [1.29, 1.82) is 0 Å². The molecule has 66 valence electrons. The Balaban J connectivity index is 2.86. The van der Waals surface area contributed by atoms with Gasteiger partial charge in [-0.3, -0.25) is 0 Å². The molecule has 0 radical (unpaired) electrons. The van der Waals surface area contributed by atoms with Crippen molar-refractivity contribution in [2.45, 2.75) is 25.5 Å². The Morgan fingerprint density at radius 2 is 2.25 bits per heavy atom. The molecule has 0 fully saturated rings. The van der Waals surface area contributed by atoms with Crippen LogP contribution in [0.3, 0.4) is 0 Å². The highest BCUT2D eigenvalue weighted by atomic mass is 16.3. The smallest absolute Gasteiger partial charge is 0.115 e. The Kier molecular flexibility index (Phi) is 2.40. The minimum absolute atomic E-state index is 0.553. The standard InChI is InChI=1S/C8H13N3O/c1-8(2,9)7(12)6-3-4-10-5-11-6/h3-5,7,12H,9H2,1-2H3. The van der Waals surface area contributed by atoms with Crippen LogP contribution in [0.2, 0.25) is 0 Å². The van der Waals surface area contributed by atoms with Crippen molar-refractivity contribution in [2.24, 2.45) is 5.73 Å². The molecule has 1 aromatic heterocycles. The zero-order valence-corrected chi connectivity index (χ0v) is 7.23. The Morgan fingerprint density at radius 3 is 2.67 bits per heavy atom. The van der Waals surface area contributed by atoms with Gasteiger partial charge in [-0.1, -0.05) is 0 Å². The predicted molar refractivity (Wildman–Crippen MR) is 45.3 cm³/mol. The molecule has 0 amide bonds. The molecule has 0 aliphatic heterocycles. The molecule has 0 aromatic carbocycles. The van der Waals surface area contributed by atoms with Crippen LogP contribution in [0.4, 0.5) is 0 Å². The summed E-state index contributed by atoms with van der Waals surface area (Å²) in [7, 11) is 0. The Morgan fingerprint density at radius 1 is 1.58 bits per heavy atom. The first-order valence-corrected chi connectivity index (χ1v) is 3.74. The molecular formula is C8H13N3O. The number of aliphatic hydroxyl groups excluding tert-OH is 1. The summed E-state index contributed by atoms with van der Waals surface area (Å²) in [6, 6.07) is 1.65. The summed E-state index contributed by atoms with van der Waals surface area (Å²) in [5.74, 6) is 0. The second-order valence-electron chi connectivity index (χ2n) is 3.36. The minimum Gasteiger partial charge on any atom is -0.385 e. The molecule has 0 saturated carbocycles. The maximum absolute atomic E-state index is 9.64. The van der Waals surface area contributed by atoms with Gasteiger partial charge in [0.25, 0.3) is 0 Å². The maximum atomic E-state index is 9.64. The second-order valence-corrected chi connectivity index (χ2v) is 3.36. The summed E-state index contributed by atoms with van der Waals surface area (Å²) < 4.78 is 0. The number of hydrogen-bond acceptors (Lipinski definition) is 4. The lowest BCUT2D eigenvalue weighted by atomic mass is 9.96. The van der Waals surface area contributed by atoms with Gasteiger partial charge in [0.05, 0.1) is 5.69 Å². The molecule has 4 heteroatoms. The summed E-state index contributed by atoms with van der Waals surface area (Å²) in [4.78, 5) is 7.65. The third-order valence-corrected chi connectivity index (χ3v) is 1.59. The van der Waals surface area contributed by atoms with Crippen LogP contribution in [0, 0.1) is 0 Å². The molecule has 0 aliphatic carbocycles. The van der Waals surface area contributed by atoms with E-state index in [1.54, 1.807) is 26.1 Å². The first-order valence-electron chi connectivity index (χ1n) is 3.74. The first kappa shape index (κ1) is 9.09. The van der Waals surface area contributed by atoms with Gasteiger partial charge in [0, 0.05) is 11.7 Å². The highest BCUT2D eigenvalue weighted by Gasteiger charge is 2.25. The van der Waals surface area contributed by atoms with Crippen LogP contribution in [0.25, 0.3) is 0 Å². The summed E-state index contributed by atoms with van der Waals surface area (Å²) >= 11 is 0. The summed E-state index contributed by atoms with van der Waals surface area (Å²) in [6.45, 7) is 3.50. The van der Waals surface area contributed by atoms with Gasteiger partial charge in [0.1, 0.15) is 12.4 Å². The Labute approximate surface area is 71.5 Å². The van der Waals surface area contributed by atoms with E-state index in [1.807, 2.05) is 0 Å². The van der Waals surface area contributed by atoms with E-state index in [0.29, 0.717) is 5.69 Å². The molecule has 4 nitrogen and oxygen atoms in total. The summed E-state index contributed by atoms with van der Waals surface area (Å²) in [5.41, 5.74) is 5.58. The third kappa shape index (κ3) is 1.99. The monoisotopic (exact) mass is 167 g/mol. The zero-order chi connectivity index (χ0) is 9.19.